The Kier molecular flexibility index (Phi) is 5.33. The van der Waals surface area contributed by atoms with Gasteiger partial charge < -0.3 is 5.32 Å². The molecule has 3 aromatic rings. The van der Waals surface area contributed by atoms with Gasteiger partial charge in [-0.15, -0.1) is 0 Å². The van der Waals surface area contributed by atoms with Crippen molar-refractivity contribution in [1.29, 1.82) is 0 Å². The first-order valence-corrected chi connectivity index (χ1v) is 8.21. The Labute approximate surface area is 141 Å². The average Bonchev–Trinajstić information content (AvgIpc) is 3.04. The second-order valence-corrected chi connectivity index (χ2v) is 5.60. The molecular formula is C19H21FN4. The third-order valence-electron chi connectivity index (χ3n) is 3.85. The Morgan fingerprint density at radius 1 is 1.00 bits per heavy atom. The van der Waals surface area contributed by atoms with Crippen LogP contribution < -0.4 is 5.32 Å². The van der Waals surface area contributed by atoms with Crippen LogP contribution in [0.1, 0.15) is 18.2 Å². The third-order valence-corrected chi connectivity index (χ3v) is 3.85. The lowest BCUT2D eigenvalue weighted by molar-refractivity contribution is 0.558. The van der Waals surface area contributed by atoms with Crippen molar-refractivity contribution in [3.8, 4) is 11.3 Å². The summed E-state index contributed by atoms with van der Waals surface area (Å²) in [4.78, 5) is 1.72. The maximum Gasteiger partial charge on any atom is 0.123 e. The van der Waals surface area contributed by atoms with E-state index in [9.17, 15) is 4.39 Å². The molecule has 0 aliphatic heterocycles. The highest BCUT2D eigenvalue weighted by atomic mass is 19.1. The van der Waals surface area contributed by atoms with Gasteiger partial charge in [-0.05, 0) is 37.6 Å². The van der Waals surface area contributed by atoms with Crippen molar-refractivity contribution in [2.24, 2.45) is 0 Å². The molecule has 2 aromatic carbocycles. The Morgan fingerprint density at radius 2 is 1.75 bits per heavy atom. The standard InChI is InChI=1S/C19H21FN4/c1-2-24-22-18(19(23-24)16-6-4-3-5-7-16)14-21-13-12-15-8-10-17(20)11-9-15/h3-11,21H,2,12-14H2,1H3. The molecule has 0 fully saturated rings. The molecule has 0 saturated heterocycles. The van der Waals surface area contributed by atoms with E-state index in [1.165, 1.54) is 12.1 Å². The SMILES string of the molecule is CCn1nc(CNCCc2ccc(F)cc2)c(-c2ccccc2)n1. The van der Waals surface area contributed by atoms with Crippen molar-refractivity contribution in [3.05, 3.63) is 71.7 Å². The van der Waals surface area contributed by atoms with Gasteiger partial charge in [-0.3, -0.25) is 0 Å². The van der Waals surface area contributed by atoms with Gasteiger partial charge in [0.15, 0.2) is 0 Å². The lowest BCUT2D eigenvalue weighted by Crippen LogP contribution is -2.17. The minimum Gasteiger partial charge on any atom is -0.311 e. The molecule has 124 valence electrons. The van der Waals surface area contributed by atoms with Crippen molar-refractivity contribution in [2.45, 2.75) is 26.4 Å². The molecule has 0 radical (unpaired) electrons. The fraction of sp³-hybridized carbons (Fsp3) is 0.263. The summed E-state index contributed by atoms with van der Waals surface area (Å²) >= 11 is 0. The molecule has 0 spiro atoms. The molecule has 0 atom stereocenters. The monoisotopic (exact) mass is 324 g/mol. The summed E-state index contributed by atoms with van der Waals surface area (Å²) in [5, 5.41) is 12.5. The number of hydrogen-bond donors (Lipinski definition) is 1. The number of hydrogen-bond acceptors (Lipinski definition) is 3. The molecule has 1 aromatic heterocycles. The second-order valence-electron chi connectivity index (χ2n) is 5.60. The molecule has 24 heavy (non-hydrogen) atoms. The van der Waals surface area contributed by atoms with Crippen LogP contribution in [0.3, 0.4) is 0 Å². The highest BCUT2D eigenvalue weighted by Crippen LogP contribution is 2.19. The maximum absolute atomic E-state index is 12.9. The first-order chi connectivity index (χ1) is 11.8. The highest BCUT2D eigenvalue weighted by molar-refractivity contribution is 5.60. The summed E-state index contributed by atoms with van der Waals surface area (Å²) in [7, 11) is 0. The maximum atomic E-state index is 12.9. The fourth-order valence-electron chi connectivity index (χ4n) is 2.55. The molecule has 1 heterocycles. The molecular weight excluding hydrogens is 303 g/mol. The number of rotatable bonds is 7. The van der Waals surface area contributed by atoms with E-state index in [1.807, 2.05) is 49.4 Å². The van der Waals surface area contributed by atoms with Crippen LogP contribution in [0.15, 0.2) is 54.6 Å². The first kappa shape index (κ1) is 16.3. The highest BCUT2D eigenvalue weighted by Gasteiger charge is 2.12. The zero-order chi connectivity index (χ0) is 16.8. The molecule has 0 aliphatic carbocycles. The van der Waals surface area contributed by atoms with Gasteiger partial charge in [0.25, 0.3) is 0 Å². The molecule has 0 aliphatic rings. The van der Waals surface area contributed by atoms with Crippen molar-refractivity contribution in [2.75, 3.05) is 6.54 Å². The van der Waals surface area contributed by atoms with E-state index in [0.717, 1.165) is 42.0 Å². The van der Waals surface area contributed by atoms with E-state index < -0.39 is 0 Å². The number of benzene rings is 2. The van der Waals surface area contributed by atoms with Gasteiger partial charge in [-0.25, -0.2) is 4.39 Å². The van der Waals surface area contributed by atoms with Crippen LogP contribution in [-0.2, 0) is 19.5 Å². The number of nitrogens with zero attached hydrogens (tertiary/aromatic N) is 3. The normalized spacial score (nSPS) is 10.9. The van der Waals surface area contributed by atoms with Crippen LogP contribution in [-0.4, -0.2) is 21.5 Å². The van der Waals surface area contributed by atoms with Gasteiger partial charge in [-0.1, -0.05) is 42.5 Å². The zero-order valence-electron chi connectivity index (χ0n) is 13.7. The summed E-state index contributed by atoms with van der Waals surface area (Å²) in [6, 6.07) is 16.7. The van der Waals surface area contributed by atoms with E-state index in [2.05, 4.69) is 15.5 Å². The fourth-order valence-corrected chi connectivity index (χ4v) is 2.55. The zero-order valence-corrected chi connectivity index (χ0v) is 13.7. The van der Waals surface area contributed by atoms with Crippen LogP contribution in [0.4, 0.5) is 4.39 Å². The Morgan fingerprint density at radius 3 is 2.46 bits per heavy atom. The number of aromatic nitrogens is 3. The number of nitrogens with one attached hydrogen (secondary N) is 1. The minimum atomic E-state index is -0.199. The molecule has 0 amide bonds. The van der Waals surface area contributed by atoms with Gasteiger partial charge in [0.2, 0.25) is 0 Å². The molecule has 0 saturated carbocycles. The largest absolute Gasteiger partial charge is 0.311 e. The molecule has 3 rings (SSSR count). The van der Waals surface area contributed by atoms with Crippen LogP contribution in [0.25, 0.3) is 11.3 Å². The van der Waals surface area contributed by atoms with Crippen LogP contribution in [0.2, 0.25) is 0 Å². The summed E-state index contributed by atoms with van der Waals surface area (Å²) in [5.41, 5.74) is 4.06. The predicted molar refractivity (Wildman–Crippen MR) is 92.9 cm³/mol. The Bertz CT molecular complexity index is 766. The summed E-state index contributed by atoms with van der Waals surface area (Å²) in [6.45, 7) is 4.24. The van der Waals surface area contributed by atoms with Crippen molar-refractivity contribution >= 4 is 0 Å². The van der Waals surface area contributed by atoms with Gasteiger partial charge in [0, 0.05) is 12.1 Å². The quantitative estimate of drug-likeness (QED) is 0.677. The summed E-state index contributed by atoms with van der Waals surface area (Å²) in [6.07, 6.45) is 0.850. The van der Waals surface area contributed by atoms with Gasteiger partial charge in [0.1, 0.15) is 17.2 Å². The van der Waals surface area contributed by atoms with Crippen molar-refractivity contribution in [3.63, 3.8) is 0 Å². The lowest BCUT2D eigenvalue weighted by atomic mass is 10.1. The van der Waals surface area contributed by atoms with E-state index in [-0.39, 0.29) is 5.82 Å². The number of halogens is 1. The van der Waals surface area contributed by atoms with Gasteiger partial charge >= 0.3 is 0 Å². The minimum absolute atomic E-state index is 0.199. The Hall–Kier alpha value is -2.53. The van der Waals surface area contributed by atoms with Crippen molar-refractivity contribution in [1.82, 2.24) is 20.3 Å². The molecule has 0 unspecified atom stereocenters. The van der Waals surface area contributed by atoms with Gasteiger partial charge in [0.05, 0.1) is 6.54 Å². The van der Waals surface area contributed by atoms with Crippen LogP contribution >= 0.6 is 0 Å². The first-order valence-electron chi connectivity index (χ1n) is 8.21. The van der Waals surface area contributed by atoms with E-state index in [0.29, 0.717) is 6.54 Å². The third kappa shape index (κ3) is 4.06. The number of aryl methyl sites for hydroxylation is 1. The van der Waals surface area contributed by atoms with Crippen LogP contribution in [0.5, 0.6) is 0 Å². The smallest absolute Gasteiger partial charge is 0.123 e. The molecule has 1 N–H and O–H groups in total. The van der Waals surface area contributed by atoms with E-state index in [4.69, 9.17) is 0 Å². The Balaban J connectivity index is 1.62. The van der Waals surface area contributed by atoms with E-state index >= 15 is 0 Å². The topological polar surface area (TPSA) is 42.7 Å². The van der Waals surface area contributed by atoms with Crippen LogP contribution in [0, 0.1) is 5.82 Å². The molecule has 5 heteroatoms. The lowest BCUT2D eigenvalue weighted by Gasteiger charge is -2.05. The molecule has 0 bridgehead atoms. The van der Waals surface area contributed by atoms with Crippen molar-refractivity contribution < 1.29 is 4.39 Å². The second kappa shape index (κ2) is 7.84. The summed E-state index contributed by atoms with van der Waals surface area (Å²) < 4.78 is 12.9. The van der Waals surface area contributed by atoms with Gasteiger partial charge in [-0.2, -0.15) is 15.0 Å². The van der Waals surface area contributed by atoms with E-state index in [1.54, 1.807) is 4.80 Å². The molecule has 4 nitrogen and oxygen atoms in total. The average molecular weight is 324 g/mol. The predicted octanol–water partition coefficient (Wildman–Crippen LogP) is 3.44. The summed E-state index contributed by atoms with van der Waals surface area (Å²) in [5.74, 6) is -0.199.